The smallest absolute Gasteiger partial charge is 0.323 e. The van der Waals surface area contributed by atoms with Gasteiger partial charge in [-0.2, -0.15) is 0 Å². The van der Waals surface area contributed by atoms with Crippen LogP contribution < -0.4 is 10.1 Å². The monoisotopic (exact) mass is 253 g/mol. The van der Waals surface area contributed by atoms with Crippen LogP contribution >= 0.6 is 0 Å². The molecule has 4 nitrogen and oxygen atoms in total. The molecule has 1 aliphatic heterocycles. The number of carbonyl (C=O) groups is 1. The number of benzene rings is 1. The van der Waals surface area contributed by atoms with E-state index in [2.05, 4.69) is 10.1 Å². The fourth-order valence-electron chi connectivity index (χ4n) is 2.00. The lowest BCUT2D eigenvalue weighted by Gasteiger charge is -2.13. The van der Waals surface area contributed by atoms with Gasteiger partial charge >= 0.3 is 5.97 Å². The number of rotatable bonds is 3. The Kier molecular flexibility index (Phi) is 3.81. The zero-order valence-corrected chi connectivity index (χ0v) is 10.4. The van der Waals surface area contributed by atoms with Crippen LogP contribution in [0.1, 0.15) is 12.0 Å². The molecule has 98 valence electrons. The number of halogens is 1. The maximum absolute atomic E-state index is 13.1. The molecule has 0 aliphatic carbocycles. The summed E-state index contributed by atoms with van der Waals surface area (Å²) in [5.74, 6) is 0.0851. The maximum Gasteiger partial charge on any atom is 0.323 e. The van der Waals surface area contributed by atoms with Crippen LogP contribution in [0.25, 0.3) is 0 Å². The molecule has 2 rings (SSSR count). The van der Waals surface area contributed by atoms with Crippen LogP contribution in [0.15, 0.2) is 18.2 Å². The quantitative estimate of drug-likeness (QED) is 0.828. The standard InChI is InChI=1S/C13H16FNO3/c1-8-5-9(3-4-11(8)14)18-10-6-12(15-7-10)13(16)17-2/h3-5,10,12,15H,6-7H2,1-2H3. The van der Waals surface area contributed by atoms with Gasteiger partial charge in [-0.25, -0.2) is 4.39 Å². The first-order valence-electron chi connectivity index (χ1n) is 5.84. The minimum Gasteiger partial charge on any atom is -0.489 e. The fourth-order valence-corrected chi connectivity index (χ4v) is 2.00. The van der Waals surface area contributed by atoms with Gasteiger partial charge in [0.15, 0.2) is 0 Å². The number of hydrogen-bond donors (Lipinski definition) is 1. The molecular formula is C13H16FNO3. The maximum atomic E-state index is 13.1. The van der Waals surface area contributed by atoms with Crippen molar-refractivity contribution in [1.29, 1.82) is 0 Å². The first-order chi connectivity index (χ1) is 8.60. The molecular weight excluding hydrogens is 237 g/mol. The molecule has 0 aromatic heterocycles. The van der Waals surface area contributed by atoms with E-state index in [-0.39, 0.29) is 23.9 Å². The Balaban J connectivity index is 1.95. The van der Waals surface area contributed by atoms with Crippen molar-refractivity contribution in [3.63, 3.8) is 0 Å². The first-order valence-corrected chi connectivity index (χ1v) is 5.84. The second-order valence-electron chi connectivity index (χ2n) is 4.37. The van der Waals surface area contributed by atoms with Gasteiger partial charge in [0.25, 0.3) is 0 Å². The predicted octanol–water partition coefficient (Wildman–Crippen LogP) is 1.42. The third-order valence-electron chi connectivity index (χ3n) is 3.01. The highest BCUT2D eigenvalue weighted by Crippen LogP contribution is 2.20. The van der Waals surface area contributed by atoms with Crippen LogP contribution in [0.2, 0.25) is 0 Å². The van der Waals surface area contributed by atoms with E-state index < -0.39 is 0 Å². The van der Waals surface area contributed by atoms with Crippen LogP contribution in [-0.2, 0) is 9.53 Å². The highest BCUT2D eigenvalue weighted by Gasteiger charge is 2.31. The number of nitrogens with one attached hydrogen (secondary N) is 1. The minimum absolute atomic E-state index is 0.0982. The van der Waals surface area contributed by atoms with Gasteiger partial charge in [-0.05, 0) is 30.7 Å². The Hall–Kier alpha value is -1.62. The van der Waals surface area contributed by atoms with Gasteiger partial charge in [0.05, 0.1) is 7.11 Å². The third-order valence-corrected chi connectivity index (χ3v) is 3.01. The zero-order chi connectivity index (χ0) is 13.1. The van der Waals surface area contributed by atoms with E-state index in [4.69, 9.17) is 4.74 Å². The molecule has 1 aromatic rings. The lowest BCUT2D eigenvalue weighted by atomic mass is 10.2. The highest BCUT2D eigenvalue weighted by atomic mass is 19.1. The average Bonchev–Trinajstić information content (AvgIpc) is 2.81. The Morgan fingerprint density at radius 1 is 1.50 bits per heavy atom. The van der Waals surface area contributed by atoms with Gasteiger partial charge in [-0.15, -0.1) is 0 Å². The number of carbonyl (C=O) groups excluding carboxylic acids is 1. The van der Waals surface area contributed by atoms with Gasteiger partial charge in [0.1, 0.15) is 23.7 Å². The number of ether oxygens (including phenoxy) is 2. The summed E-state index contributed by atoms with van der Waals surface area (Å²) in [6, 6.07) is 4.31. The van der Waals surface area contributed by atoms with E-state index in [1.165, 1.54) is 13.2 Å². The van der Waals surface area contributed by atoms with Gasteiger partial charge in [0.2, 0.25) is 0 Å². The lowest BCUT2D eigenvalue weighted by Crippen LogP contribution is -2.31. The summed E-state index contributed by atoms with van der Waals surface area (Å²) in [6.45, 7) is 2.27. The molecule has 0 bridgehead atoms. The second kappa shape index (κ2) is 5.35. The summed E-state index contributed by atoms with van der Waals surface area (Å²) >= 11 is 0. The largest absolute Gasteiger partial charge is 0.489 e. The summed E-state index contributed by atoms with van der Waals surface area (Å²) in [4.78, 5) is 11.3. The normalized spacial score (nSPS) is 22.8. The topological polar surface area (TPSA) is 47.6 Å². The van der Waals surface area contributed by atoms with Crippen LogP contribution in [-0.4, -0.2) is 31.8 Å². The minimum atomic E-state index is -0.318. The van der Waals surface area contributed by atoms with Gasteiger partial charge in [0, 0.05) is 13.0 Å². The first kappa shape index (κ1) is 12.8. The van der Waals surface area contributed by atoms with Crippen molar-refractivity contribution in [2.45, 2.75) is 25.5 Å². The molecule has 18 heavy (non-hydrogen) atoms. The molecule has 0 amide bonds. The predicted molar refractivity (Wildman–Crippen MR) is 64.0 cm³/mol. The molecule has 2 atom stereocenters. The highest BCUT2D eigenvalue weighted by molar-refractivity contribution is 5.76. The number of esters is 1. The number of hydrogen-bond acceptors (Lipinski definition) is 4. The van der Waals surface area contributed by atoms with Crippen LogP contribution in [0.3, 0.4) is 0 Å². The van der Waals surface area contributed by atoms with E-state index in [9.17, 15) is 9.18 Å². The molecule has 1 saturated heterocycles. The van der Waals surface area contributed by atoms with Crippen molar-refractivity contribution < 1.29 is 18.7 Å². The van der Waals surface area contributed by atoms with Crippen molar-refractivity contribution in [3.8, 4) is 5.75 Å². The second-order valence-corrected chi connectivity index (χ2v) is 4.37. The Morgan fingerprint density at radius 3 is 2.94 bits per heavy atom. The SMILES string of the molecule is COC(=O)C1CC(Oc2ccc(F)c(C)c2)CN1. The molecule has 1 N–H and O–H groups in total. The summed E-state index contributed by atoms with van der Waals surface area (Å²) < 4.78 is 23.5. The van der Waals surface area contributed by atoms with Crippen molar-refractivity contribution in [2.24, 2.45) is 0 Å². The molecule has 2 unspecified atom stereocenters. The van der Waals surface area contributed by atoms with Gasteiger partial charge in [-0.1, -0.05) is 0 Å². The summed E-state index contributed by atoms with van der Waals surface area (Å²) in [6.07, 6.45) is 0.460. The van der Waals surface area contributed by atoms with Crippen molar-refractivity contribution >= 4 is 5.97 Å². The molecule has 0 radical (unpaired) electrons. The Morgan fingerprint density at radius 2 is 2.28 bits per heavy atom. The number of aryl methyl sites for hydroxylation is 1. The molecule has 5 heteroatoms. The molecule has 0 saturated carbocycles. The van der Waals surface area contributed by atoms with E-state index >= 15 is 0 Å². The molecule has 1 heterocycles. The van der Waals surface area contributed by atoms with Gasteiger partial charge in [-0.3, -0.25) is 4.79 Å². The Bertz CT molecular complexity index is 450. The van der Waals surface area contributed by atoms with Crippen LogP contribution in [0.5, 0.6) is 5.75 Å². The molecule has 1 aromatic carbocycles. The number of methoxy groups -OCH3 is 1. The molecule has 0 spiro atoms. The Labute approximate surface area is 105 Å². The van der Waals surface area contributed by atoms with E-state index in [0.29, 0.717) is 24.3 Å². The van der Waals surface area contributed by atoms with E-state index in [1.807, 2.05) is 0 Å². The molecule has 1 fully saturated rings. The van der Waals surface area contributed by atoms with E-state index in [0.717, 1.165) is 0 Å². The van der Waals surface area contributed by atoms with E-state index in [1.54, 1.807) is 19.1 Å². The summed E-state index contributed by atoms with van der Waals surface area (Å²) in [5.41, 5.74) is 0.544. The van der Waals surface area contributed by atoms with Crippen LogP contribution in [0.4, 0.5) is 4.39 Å². The summed E-state index contributed by atoms with van der Waals surface area (Å²) in [5, 5.41) is 3.03. The van der Waals surface area contributed by atoms with Crippen molar-refractivity contribution in [3.05, 3.63) is 29.6 Å². The van der Waals surface area contributed by atoms with Crippen molar-refractivity contribution in [2.75, 3.05) is 13.7 Å². The molecule has 1 aliphatic rings. The summed E-state index contributed by atoms with van der Waals surface area (Å²) in [7, 11) is 1.36. The fraction of sp³-hybridized carbons (Fsp3) is 0.462. The lowest BCUT2D eigenvalue weighted by molar-refractivity contribution is -0.142. The van der Waals surface area contributed by atoms with Gasteiger partial charge < -0.3 is 14.8 Å². The van der Waals surface area contributed by atoms with Crippen LogP contribution in [0, 0.1) is 12.7 Å². The average molecular weight is 253 g/mol. The van der Waals surface area contributed by atoms with Crippen molar-refractivity contribution in [1.82, 2.24) is 5.32 Å². The zero-order valence-electron chi connectivity index (χ0n) is 10.4. The third kappa shape index (κ3) is 2.79.